The molecule has 0 saturated heterocycles. The Bertz CT molecular complexity index is 1620. The predicted molar refractivity (Wildman–Crippen MR) is 172 cm³/mol. The van der Waals surface area contributed by atoms with Crippen LogP contribution >= 0.6 is 86.8 Å². The van der Waals surface area contributed by atoms with Crippen LogP contribution in [-0.2, 0) is 4.79 Å². The van der Waals surface area contributed by atoms with Gasteiger partial charge in [-0.05, 0) is 99.5 Å². The largest absolute Gasteiger partial charge is 0.478 e. The van der Waals surface area contributed by atoms with Crippen molar-refractivity contribution in [1.82, 2.24) is 4.98 Å². The number of carbonyl (C=O) groups is 3. The molecule has 4 aromatic rings. The minimum Gasteiger partial charge on any atom is -0.478 e. The van der Waals surface area contributed by atoms with Crippen LogP contribution < -0.4 is 10.6 Å². The van der Waals surface area contributed by atoms with Crippen LogP contribution in [-0.4, -0.2) is 33.6 Å². The maximum Gasteiger partial charge on any atom is 0.337 e. The Hall–Kier alpha value is -1.77. The van der Waals surface area contributed by atoms with Crippen molar-refractivity contribution in [3.63, 3.8) is 0 Å². The SMILES string of the molecule is CC(C)c1ccccc1NC(=O)CSc1nc2ccc(NC(=O)c3c(Br)c(Br)c(Br)c(Br)c3C(=O)O)cc2s1. The molecule has 0 aliphatic carbocycles. The molecule has 39 heavy (non-hydrogen) atoms. The number of nitrogens with zero attached hydrogens (tertiary/aromatic N) is 1. The summed E-state index contributed by atoms with van der Waals surface area (Å²) in [4.78, 5) is 42.3. The Balaban J connectivity index is 1.49. The summed E-state index contributed by atoms with van der Waals surface area (Å²) in [7, 11) is 0. The average molecular weight is 821 g/mol. The van der Waals surface area contributed by atoms with Crippen LogP contribution in [0.5, 0.6) is 0 Å². The van der Waals surface area contributed by atoms with Crippen molar-refractivity contribution < 1.29 is 19.5 Å². The first-order valence-electron chi connectivity index (χ1n) is 11.3. The van der Waals surface area contributed by atoms with Crippen molar-refractivity contribution >= 4 is 126 Å². The maximum atomic E-state index is 13.2. The van der Waals surface area contributed by atoms with E-state index < -0.39 is 11.9 Å². The van der Waals surface area contributed by atoms with E-state index in [0.29, 0.717) is 19.1 Å². The third-order valence-electron chi connectivity index (χ3n) is 5.52. The fraction of sp³-hybridized carbons (Fsp3) is 0.154. The molecule has 0 spiro atoms. The number of amides is 2. The van der Waals surface area contributed by atoms with E-state index in [2.05, 4.69) is 93.2 Å². The second-order valence-electron chi connectivity index (χ2n) is 8.51. The molecule has 0 saturated carbocycles. The van der Waals surface area contributed by atoms with Gasteiger partial charge in [-0.2, -0.15) is 0 Å². The highest BCUT2D eigenvalue weighted by Gasteiger charge is 2.28. The zero-order chi connectivity index (χ0) is 28.4. The van der Waals surface area contributed by atoms with E-state index in [4.69, 9.17) is 0 Å². The lowest BCUT2D eigenvalue weighted by Gasteiger charge is -2.14. The van der Waals surface area contributed by atoms with E-state index in [1.165, 1.54) is 23.1 Å². The highest BCUT2D eigenvalue weighted by atomic mass is 79.9. The Morgan fingerprint density at radius 1 is 0.949 bits per heavy atom. The van der Waals surface area contributed by atoms with Gasteiger partial charge in [0.25, 0.3) is 5.91 Å². The number of carbonyl (C=O) groups excluding carboxylic acids is 2. The van der Waals surface area contributed by atoms with Gasteiger partial charge in [0, 0.05) is 29.3 Å². The molecule has 3 aromatic carbocycles. The lowest BCUT2D eigenvalue weighted by Crippen LogP contribution is -2.18. The molecule has 0 bridgehead atoms. The molecule has 0 aliphatic heterocycles. The number of hydrogen-bond acceptors (Lipinski definition) is 6. The van der Waals surface area contributed by atoms with E-state index in [0.717, 1.165) is 25.8 Å². The minimum atomic E-state index is -1.25. The van der Waals surface area contributed by atoms with E-state index >= 15 is 0 Å². The average Bonchev–Trinajstić information content (AvgIpc) is 3.30. The van der Waals surface area contributed by atoms with Gasteiger partial charge in [-0.15, -0.1) is 11.3 Å². The van der Waals surface area contributed by atoms with Crippen LogP contribution in [0.25, 0.3) is 10.2 Å². The number of para-hydroxylation sites is 1. The maximum absolute atomic E-state index is 13.2. The Morgan fingerprint density at radius 3 is 2.28 bits per heavy atom. The third kappa shape index (κ3) is 6.76. The number of fused-ring (bicyclic) bond motifs is 1. The Labute approximate surface area is 266 Å². The van der Waals surface area contributed by atoms with Crippen molar-refractivity contribution in [3.8, 4) is 0 Å². The second-order valence-corrected chi connectivity index (χ2v) is 13.9. The number of rotatable bonds is 8. The molecule has 0 unspecified atom stereocenters. The number of halogens is 4. The van der Waals surface area contributed by atoms with Gasteiger partial charge in [0.05, 0.1) is 27.1 Å². The number of anilines is 2. The van der Waals surface area contributed by atoms with Crippen molar-refractivity contribution in [2.45, 2.75) is 24.1 Å². The molecule has 2 amide bonds. The van der Waals surface area contributed by atoms with Crippen molar-refractivity contribution in [2.75, 3.05) is 16.4 Å². The molecule has 202 valence electrons. The van der Waals surface area contributed by atoms with Crippen LogP contribution in [0.1, 0.15) is 46.0 Å². The van der Waals surface area contributed by atoms with E-state index in [-0.39, 0.29) is 33.2 Å². The van der Waals surface area contributed by atoms with Gasteiger partial charge in [0.1, 0.15) is 0 Å². The van der Waals surface area contributed by atoms with E-state index in [1.54, 1.807) is 18.2 Å². The van der Waals surface area contributed by atoms with Gasteiger partial charge >= 0.3 is 5.97 Å². The Morgan fingerprint density at radius 2 is 1.62 bits per heavy atom. The molecule has 4 rings (SSSR count). The lowest BCUT2D eigenvalue weighted by atomic mass is 10.0. The highest BCUT2D eigenvalue weighted by molar-refractivity contribution is 9.15. The predicted octanol–water partition coefficient (Wildman–Crippen LogP) is 9.15. The van der Waals surface area contributed by atoms with Crippen LogP contribution in [0.15, 0.2) is 64.7 Å². The smallest absolute Gasteiger partial charge is 0.337 e. The first-order valence-corrected chi connectivity index (χ1v) is 16.3. The zero-order valence-electron chi connectivity index (χ0n) is 20.3. The summed E-state index contributed by atoms with van der Waals surface area (Å²) < 4.78 is 3.05. The monoisotopic (exact) mass is 817 g/mol. The van der Waals surface area contributed by atoms with Crippen molar-refractivity contribution in [3.05, 3.63) is 77.0 Å². The molecule has 7 nitrogen and oxygen atoms in total. The zero-order valence-corrected chi connectivity index (χ0v) is 28.3. The van der Waals surface area contributed by atoms with Gasteiger partial charge < -0.3 is 15.7 Å². The van der Waals surface area contributed by atoms with Crippen LogP contribution in [0.2, 0.25) is 0 Å². The van der Waals surface area contributed by atoms with Gasteiger partial charge in [-0.3, -0.25) is 9.59 Å². The molecule has 13 heteroatoms. The number of aromatic nitrogens is 1. The molecular weight excluding hydrogens is 802 g/mol. The fourth-order valence-electron chi connectivity index (χ4n) is 3.71. The third-order valence-corrected chi connectivity index (χ3v) is 12.4. The molecule has 1 heterocycles. The number of nitrogens with one attached hydrogen (secondary N) is 2. The topological polar surface area (TPSA) is 108 Å². The van der Waals surface area contributed by atoms with Crippen LogP contribution in [0, 0.1) is 0 Å². The summed E-state index contributed by atoms with van der Waals surface area (Å²) in [6, 6.07) is 13.0. The van der Waals surface area contributed by atoms with Crippen LogP contribution in [0.4, 0.5) is 11.4 Å². The van der Waals surface area contributed by atoms with Gasteiger partial charge in [0.15, 0.2) is 4.34 Å². The number of carboxylic acids is 1. The summed E-state index contributed by atoms with van der Waals surface area (Å²) in [6.45, 7) is 4.16. The number of carboxylic acid groups (broad SMARTS) is 1. The van der Waals surface area contributed by atoms with E-state index in [1.807, 2.05) is 24.3 Å². The van der Waals surface area contributed by atoms with Crippen molar-refractivity contribution in [1.29, 1.82) is 0 Å². The number of hydrogen-bond donors (Lipinski definition) is 3. The lowest BCUT2D eigenvalue weighted by molar-refractivity contribution is -0.113. The molecule has 0 fully saturated rings. The summed E-state index contributed by atoms with van der Waals surface area (Å²) in [5.41, 5.74) is 2.89. The van der Waals surface area contributed by atoms with Crippen molar-refractivity contribution in [2.24, 2.45) is 0 Å². The minimum absolute atomic E-state index is 0.0323. The fourth-order valence-corrected chi connectivity index (χ4v) is 8.09. The summed E-state index contributed by atoms with van der Waals surface area (Å²) in [6.07, 6.45) is 0. The Kier molecular flexibility index (Phi) is 9.92. The molecule has 0 atom stereocenters. The van der Waals surface area contributed by atoms with Gasteiger partial charge in [-0.25, -0.2) is 9.78 Å². The normalized spacial score (nSPS) is 11.2. The summed E-state index contributed by atoms with van der Waals surface area (Å²) >= 11 is 16.0. The number of thioether (sulfide) groups is 1. The summed E-state index contributed by atoms with van der Waals surface area (Å²) in [5.74, 6) is -1.47. The standard InChI is InChI=1S/C26H19Br4N3O4S2/c1-11(2)13-5-3-4-6-14(13)32-17(34)10-38-26-33-15-8-7-12(9-16(15)39-26)31-24(35)18-19(25(36)37)21(28)23(30)22(29)20(18)27/h3-9,11H,10H2,1-2H3,(H,31,35)(H,32,34)(H,36,37). The number of thiazole rings is 1. The summed E-state index contributed by atoms with van der Waals surface area (Å²) in [5, 5.41) is 15.5. The molecule has 0 radical (unpaired) electrons. The van der Waals surface area contributed by atoms with Crippen LogP contribution in [0.3, 0.4) is 0 Å². The second kappa shape index (κ2) is 12.8. The molecular formula is C26H19Br4N3O4S2. The molecule has 3 N–H and O–H groups in total. The quantitative estimate of drug-likeness (QED) is 0.0930. The number of aromatic carboxylic acids is 1. The van der Waals surface area contributed by atoms with E-state index in [9.17, 15) is 19.5 Å². The molecule has 1 aromatic heterocycles. The first-order chi connectivity index (χ1) is 18.5. The molecule has 0 aliphatic rings. The number of benzene rings is 3. The first kappa shape index (κ1) is 30.2. The highest BCUT2D eigenvalue weighted by Crippen LogP contribution is 2.42. The van der Waals surface area contributed by atoms with Gasteiger partial charge in [0.2, 0.25) is 5.91 Å². The van der Waals surface area contributed by atoms with Gasteiger partial charge in [-0.1, -0.05) is 43.8 Å².